The van der Waals surface area contributed by atoms with E-state index in [1.807, 2.05) is 12.1 Å². The number of nitriles is 1. The van der Waals surface area contributed by atoms with Crippen molar-refractivity contribution in [2.45, 2.75) is 19.4 Å². The molecular formula is C28H29N3O7. The molecule has 0 unspecified atom stereocenters. The van der Waals surface area contributed by atoms with Gasteiger partial charge >= 0.3 is 0 Å². The van der Waals surface area contributed by atoms with Crippen molar-refractivity contribution in [2.75, 3.05) is 35.5 Å². The minimum Gasteiger partial charge on any atom is -0.493 e. The third-order valence-corrected chi connectivity index (χ3v) is 6.52. The second kappa shape index (κ2) is 10.7. The lowest BCUT2D eigenvalue weighted by Crippen LogP contribution is -2.33. The van der Waals surface area contributed by atoms with E-state index in [0.717, 1.165) is 5.56 Å². The number of hydrogen-bond acceptors (Lipinski definition) is 9. The maximum absolute atomic E-state index is 14.1. The number of pyridine rings is 1. The van der Waals surface area contributed by atoms with Crippen LogP contribution in [0, 0.1) is 18.3 Å². The minimum absolute atomic E-state index is 0.0849. The number of hydrogen-bond donors (Lipinski definition) is 1. The van der Waals surface area contributed by atoms with Gasteiger partial charge in [0.1, 0.15) is 17.4 Å². The summed E-state index contributed by atoms with van der Waals surface area (Å²) in [6, 6.07) is 12.7. The van der Waals surface area contributed by atoms with Crippen molar-refractivity contribution in [1.82, 2.24) is 4.57 Å². The molecule has 38 heavy (non-hydrogen) atoms. The molecule has 198 valence electrons. The second-order valence-corrected chi connectivity index (χ2v) is 8.49. The van der Waals surface area contributed by atoms with Crippen molar-refractivity contribution in [2.24, 2.45) is 5.73 Å². The predicted octanol–water partition coefficient (Wildman–Crippen LogP) is 3.47. The van der Waals surface area contributed by atoms with Crippen molar-refractivity contribution in [3.63, 3.8) is 0 Å². The molecule has 1 aliphatic rings. The third-order valence-electron chi connectivity index (χ3n) is 6.52. The maximum Gasteiger partial charge on any atom is 0.259 e. The van der Waals surface area contributed by atoms with Gasteiger partial charge < -0.3 is 38.7 Å². The Morgan fingerprint density at radius 3 is 2.18 bits per heavy atom. The van der Waals surface area contributed by atoms with Gasteiger partial charge in [0, 0.05) is 17.3 Å². The molecule has 2 N–H and O–H groups in total. The summed E-state index contributed by atoms with van der Waals surface area (Å²) in [4.78, 5) is 14.1. The van der Waals surface area contributed by atoms with Crippen molar-refractivity contribution < 1.29 is 28.4 Å². The zero-order valence-corrected chi connectivity index (χ0v) is 22.1. The molecule has 0 saturated carbocycles. The normalized spacial score (nSPS) is 14.2. The van der Waals surface area contributed by atoms with E-state index in [1.54, 1.807) is 50.0 Å². The highest BCUT2D eigenvalue weighted by atomic mass is 16.5. The van der Waals surface area contributed by atoms with Gasteiger partial charge in [0.15, 0.2) is 23.0 Å². The van der Waals surface area contributed by atoms with Gasteiger partial charge in [-0.15, -0.1) is 0 Å². The number of nitrogens with zero attached hydrogens (tertiary/aromatic N) is 2. The van der Waals surface area contributed by atoms with E-state index >= 15 is 0 Å². The summed E-state index contributed by atoms with van der Waals surface area (Å²) in [5, 5.41) is 10.1. The average molecular weight is 520 g/mol. The Bertz CT molecular complexity index is 1520. The van der Waals surface area contributed by atoms with Crippen LogP contribution in [0.4, 0.5) is 0 Å². The Labute approximate surface area is 220 Å². The number of fused-ring (bicyclic) bond motifs is 1. The molecule has 1 atom stereocenters. The zero-order valence-electron chi connectivity index (χ0n) is 22.1. The van der Waals surface area contributed by atoms with Gasteiger partial charge in [-0.3, -0.25) is 4.79 Å². The molecule has 0 bridgehead atoms. The lowest BCUT2D eigenvalue weighted by molar-refractivity contribution is 0.321. The quantitative estimate of drug-likeness (QED) is 0.476. The number of methoxy groups -OCH3 is 5. The van der Waals surface area contributed by atoms with E-state index in [-0.39, 0.29) is 34.9 Å². The zero-order chi connectivity index (χ0) is 27.6. The lowest BCUT2D eigenvalue weighted by atomic mass is 9.83. The maximum atomic E-state index is 14.1. The summed E-state index contributed by atoms with van der Waals surface area (Å²) in [6.45, 7) is 2.05. The van der Waals surface area contributed by atoms with Crippen LogP contribution in [0.1, 0.15) is 28.3 Å². The molecule has 10 nitrogen and oxygen atoms in total. The Balaban J connectivity index is 1.95. The van der Waals surface area contributed by atoms with Crippen molar-refractivity contribution in [3.8, 4) is 40.6 Å². The highest BCUT2D eigenvalue weighted by Crippen LogP contribution is 2.49. The highest BCUT2D eigenvalue weighted by molar-refractivity contribution is 5.64. The molecule has 2 aromatic carbocycles. The topological polar surface area (TPSA) is 127 Å². The smallest absolute Gasteiger partial charge is 0.259 e. The van der Waals surface area contributed by atoms with Crippen LogP contribution in [-0.2, 0) is 6.54 Å². The first kappa shape index (κ1) is 26.3. The van der Waals surface area contributed by atoms with Gasteiger partial charge in [0.2, 0.25) is 11.6 Å². The summed E-state index contributed by atoms with van der Waals surface area (Å²) in [7, 11) is 7.58. The molecule has 0 spiro atoms. The Hall–Kier alpha value is -4.78. The van der Waals surface area contributed by atoms with Crippen LogP contribution in [0.5, 0.6) is 34.5 Å². The van der Waals surface area contributed by atoms with Crippen molar-refractivity contribution in [1.29, 1.82) is 5.26 Å². The van der Waals surface area contributed by atoms with Gasteiger partial charge in [-0.2, -0.15) is 5.26 Å². The fourth-order valence-corrected chi connectivity index (χ4v) is 4.71. The van der Waals surface area contributed by atoms with Gasteiger partial charge in [0.05, 0.1) is 53.6 Å². The van der Waals surface area contributed by atoms with E-state index < -0.39 is 5.92 Å². The number of aryl methyl sites for hydroxylation is 1. The molecule has 0 radical (unpaired) electrons. The molecule has 2 heterocycles. The van der Waals surface area contributed by atoms with E-state index in [2.05, 4.69) is 6.07 Å². The lowest BCUT2D eigenvalue weighted by Gasteiger charge is -2.29. The molecule has 0 aliphatic carbocycles. The standard InChI is InChI=1S/C28H29N3O7/c1-15-11-22-24(28(32)31(15)14-16-7-9-19(33-2)21(12-16)35-4)23(18(13-29)27(30)38-22)17-8-10-20(34-3)26(37-6)25(17)36-5/h7-12,23H,14,30H2,1-6H3/t23-/m1/s1. The van der Waals surface area contributed by atoms with E-state index in [1.165, 1.54) is 21.3 Å². The summed E-state index contributed by atoms with van der Waals surface area (Å²) in [6.07, 6.45) is 0. The van der Waals surface area contributed by atoms with Crippen LogP contribution >= 0.6 is 0 Å². The number of aromatic nitrogens is 1. The Kier molecular flexibility index (Phi) is 7.39. The molecular weight excluding hydrogens is 490 g/mol. The first-order chi connectivity index (χ1) is 18.3. The first-order valence-corrected chi connectivity index (χ1v) is 11.6. The predicted molar refractivity (Wildman–Crippen MR) is 139 cm³/mol. The van der Waals surface area contributed by atoms with Gasteiger partial charge in [-0.05, 0) is 30.7 Å². The molecule has 0 amide bonds. The number of rotatable bonds is 8. The van der Waals surface area contributed by atoms with Crippen LogP contribution in [0.3, 0.4) is 0 Å². The number of allylic oxidation sites excluding steroid dienone is 1. The number of nitrogens with two attached hydrogens (primary N) is 1. The van der Waals surface area contributed by atoms with Crippen LogP contribution in [0.2, 0.25) is 0 Å². The first-order valence-electron chi connectivity index (χ1n) is 11.6. The summed E-state index contributed by atoms with van der Waals surface area (Å²) in [5.74, 6) is 1.53. The van der Waals surface area contributed by atoms with Crippen LogP contribution in [-0.4, -0.2) is 40.1 Å². The Morgan fingerprint density at radius 2 is 1.58 bits per heavy atom. The molecule has 3 aromatic rings. The fraction of sp³-hybridized carbons (Fsp3) is 0.286. The summed E-state index contributed by atoms with van der Waals surface area (Å²) >= 11 is 0. The van der Waals surface area contributed by atoms with Crippen LogP contribution in [0.25, 0.3) is 0 Å². The monoisotopic (exact) mass is 519 g/mol. The minimum atomic E-state index is -0.872. The Morgan fingerprint density at radius 1 is 0.921 bits per heavy atom. The van der Waals surface area contributed by atoms with E-state index in [9.17, 15) is 10.1 Å². The average Bonchev–Trinajstić information content (AvgIpc) is 2.93. The molecule has 4 rings (SSSR count). The molecule has 1 aromatic heterocycles. The van der Waals surface area contributed by atoms with Gasteiger partial charge in [-0.25, -0.2) is 0 Å². The van der Waals surface area contributed by atoms with Gasteiger partial charge in [-0.1, -0.05) is 12.1 Å². The highest BCUT2D eigenvalue weighted by Gasteiger charge is 2.37. The fourth-order valence-electron chi connectivity index (χ4n) is 4.71. The van der Waals surface area contributed by atoms with Crippen molar-refractivity contribution >= 4 is 0 Å². The summed E-state index contributed by atoms with van der Waals surface area (Å²) < 4.78 is 34.8. The SMILES string of the molecule is COc1ccc(Cn2c(C)cc3c(c2=O)[C@H](c2ccc(OC)c(OC)c2OC)C(C#N)=C(N)O3)cc1OC. The number of ether oxygens (including phenoxy) is 6. The molecule has 10 heteroatoms. The molecule has 0 saturated heterocycles. The molecule has 0 fully saturated rings. The van der Waals surface area contributed by atoms with E-state index in [0.29, 0.717) is 40.0 Å². The summed E-state index contributed by atoms with van der Waals surface area (Å²) in [5.41, 5.74) is 8.16. The van der Waals surface area contributed by atoms with Gasteiger partial charge in [0.25, 0.3) is 5.56 Å². The van der Waals surface area contributed by atoms with Crippen LogP contribution in [0.15, 0.2) is 52.6 Å². The largest absolute Gasteiger partial charge is 0.493 e. The van der Waals surface area contributed by atoms with Crippen molar-refractivity contribution in [3.05, 3.63) is 80.6 Å². The second-order valence-electron chi connectivity index (χ2n) is 8.49. The molecule has 1 aliphatic heterocycles. The van der Waals surface area contributed by atoms with E-state index in [4.69, 9.17) is 34.2 Å². The van der Waals surface area contributed by atoms with Crippen LogP contribution < -0.4 is 39.7 Å². The third kappa shape index (κ3) is 4.32. The number of benzene rings is 2.